The molecule has 2 aromatic rings. The Bertz CT molecular complexity index is 933. The fourth-order valence-corrected chi connectivity index (χ4v) is 4.89. The molecule has 0 bridgehead atoms. The van der Waals surface area contributed by atoms with E-state index in [0.29, 0.717) is 27.6 Å². The topological polar surface area (TPSA) is 68.4 Å². The number of unbranched alkanes of at least 4 members (excludes halogenated alkanes) is 1. The number of carbonyl (C=O) groups is 1. The summed E-state index contributed by atoms with van der Waals surface area (Å²) in [5, 5.41) is 11.1. The molecule has 0 fully saturated rings. The average molecular weight is 557 g/mol. The fourth-order valence-electron chi connectivity index (χ4n) is 3.51. The molecule has 0 radical (unpaired) electrons. The molecular weight excluding hydrogens is 521 g/mol. The van der Waals surface area contributed by atoms with Crippen molar-refractivity contribution in [1.82, 2.24) is 20.3 Å². The molecule has 0 aromatic heterocycles. The maximum absolute atomic E-state index is 12.6. The number of hydrogen-bond acceptors (Lipinski definition) is 4. The van der Waals surface area contributed by atoms with Gasteiger partial charge in [0.05, 0.1) is 5.02 Å². The van der Waals surface area contributed by atoms with Crippen LogP contribution in [0.2, 0.25) is 10.0 Å². The van der Waals surface area contributed by atoms with Gasteiger partial charge >= 0.3 is 6.03 Å². The Morgan fingerprint density at radius 1 is 1.11 bits per heavy atom. The van der Waals surface area contributed by atoms with Crippen LogP contribution in [-0.4, -0.2) is 48.8 Å². The molecule has 2 aromatic carbocycles. The van der Waals surface area contributed by atoms with Gasteiger partial charge < -0.3 is 20.9 Å². The third-order valence-corrected chi connectivity index (χ3v) is 7.14. The standard InChI is InChI=1S/C25H35Cl2N5OS2/c1-18(2)15-21(31-24(33)30-20-9-5-4-6-10-20)17-32(25(34)28-3)14-8-7-13-29-35-23-12-11-19(26)16-22(23)27/h4-6,9-12,16,18,21,29H,7-8,13-15,17H2,1-3H3,(H,28,34)(H2,30,31,33). The van der Waals surface area contributed by atoms with Crippen LogP contribution in [-0.2, 0) is 0 Å². The molecule has 10 heteroatoms. The molecule has 0 aliphatic rings. The number of rotatable bonds is 13. The number of anilines is 1. The summed E-state index contributed by atoms with van der Waals surface area (Å²) in [6, 6.07) is 14.7. The lowest BCUT2D eigenvalue weighted by molar-refractivity contribution is 0.240. The summed E-state index contributed by atoms with van der Waals surface area (Å²) in [5.74, 6) is 0.433. The zero-order valence-corrected chi connectivity index (χ0v) is 23.6. The molecule has 192 valence electrons. The number of carbonyl (C=O) groups excluding carboxylic acids is 1. The van der Waals surface area contributed by atoms with Crippen LogP contribution in [0.3, 0.4) is 0 Å². The third-order valence-electron chi connectivity index (χ3n) is 5.10. The predicted molar refractivity (Wildman–Crippen MR) is 155 cm³/mol. The Balaban J connectivity index is 1.83. The lowest BCUT2D eigenvalue weighted by Gasteiger charge is -2.31. The van der Waals surface area contributed by atoms with E-state index in [4.69, 9.17) is 35.4 Å². The van der Waals surface area contributed by atoms with Gasteiger partial charge in [-0.1, -0.05) is 55.2 Å². The Morgan fingerprint density at radius 2 is 1.86 bits per heavy atom. The van der Waals surface area contributed by atoms with E-state index in [1.165, 1.54) is 11.9 Å². The van der Waals surface area contributed by atoms with Crippen molar-refractivity contribution in [3.8, 4) is 0 Å². The Labute approximate surface area is 229 Å². The van der Waals surface area contributed by atoms with Crippen molar-refractivity contribution in [1.29, 1.82) is 0 Å². The number of nitrogens with zero attached hydrogens (tertiary/aromatic N) is 1. The van der Waals surface area contributed by atoms with Crippen LogP contribution in [0.15, 0.2) is 53.4 Å². The maximum atomic E-state index is 12.6. The molecule has 1 atom stereocenters. The number of para-hydroxylation sites is 1. The fraction of sp³-hybridized carbons (Fsp3) is 0.440. The molecule has 0 saturated carbocycles. The minimum atomic E-state index is -0.209. The molecule has 0 aliphatic heterocycles. The third kappa shape index (κ3) is 11.7. The minimum absolute atomic E-state index is 0.0364. The molecule has 35 heavy (non-hydrogen) atoms. The molecule has 0 saturated heterocycles. The summed E-state index contributed by atoms with van der Waals surface area (Å²) < 4.78 is 3.35. The first-order valence-corrected chi connectivity index (χ1v) is 13.7. The number of halogens is 2. The van der Waals surface area contributed by atoms with Gasteiger partial charge in [0.25, 0.3) is 0 Å². The first kappa shape index (κ1) is 29.5. The summed E-state index contributed by atoms with van der Waals surface area (Å²) in [6.07, 6.45) is 2.78. The molecule has 0 spiro atoms. The lowest BCUT2D eigenvalue weighted by Crippen LogP contribution is -2.49. The summed E-state index contributed by atoms with van der Waals surface area (Å²) >= 11 is 19.2. The van der Waals surface area contributed by atoms with E-state index in [1.54, 1.807) is 6.07 Å². The van der Waals surface area contributed by atoms with Gasteiger partial charge in [0.15, 0.2) is 5.11 Å². The van der Waals surface area contributed by atoms with Gasteiger partial charge in [-0.15, -0.1) is 0 Å². The summed E-state index contributed by atoms with van der Waals surface area (Å²) in [6.45, 7) is 6.57. The number of nitrogens with one attached hydrogen (secondary N) is 4. The van der Waals surface area contributed by atoms with E-state index >= 15 is 0 Å². The van der Waals surface area contributed by atoms with Gasteiger partial charge in [0.1, 0.15) is 0 Å². The van der Waals surface area contributed by atoms with Crippen LogP contribution in [0.4, 0.5) is 10.5 Å². The number of hydrogen-bond donors (Lipinski definition) is 4. The highest BCUT2D eigenvalue weighted by atomic mass is 35.5. The van der Waals surface area contributed by atoms with Crippen molar-refractivity contribution in [2.45, 2.75) is 44.0 Å². The number of amides is 2. The molecule has 4 N–H and O–H groups in total. The predicted octanol–water partition coefficient (Wildman–Crippen LogP) is 6.41. The summed E-state index contributed by atoms with van der Waals surface area (Å²) in [7, 11) is 1.83. The zero-order valence-electron chi connectivity index (χ0n) is 20.4. The number of benzene rings is 2. The van der Waals surface area contributed by atoms with Crippen molar-refractivity contribution in [3.05, 3.63) is 58.6 Å². The monoisotopic (exact) mass is 555 g/mol. The normalized spacial score (nSPS) is 11.7. The number of thiocarbonyl (C=S) groups is 1. The van der Waals surface area contributed by atoms with Gasteiger partial charge in [-0.25, -0.2) is 4.79 Å². The molecule has 6 nitrogen and oxygen atoms in total. The SMILES string of the molecule is CNC(=S)N(CCCCNSc1ccc(Cl)cc1Cl)CC(CC(C)C)NC(=O)Nc1ccccc1. The van der Waals surface area contributed by atoms with E-state index in [2.05, 4.69) is 39.4 Å². The van der Waals surface area contributed by atoms with Crippen LogP contribution >= 0.6 is 47.4 Å². The van der Waals surface area contributed by atoms with Crippen LogP contribution in [0, 0.1) is 5.92 Å². The van der Waals surface area contributed by atoms with Gasteiger partial charge in [-0.05, 0) is 79.7 Å². The number of urea groups is 1. The average Bonchev–Trinajstić information content (AvgIpc) is 2.81. The van der Waals surface area contributed by atoms with Crippen molar-refractivity contribution in [2.75, 3.05) is 32.0 Å². The molecule has 0 aliphatic carbocycles. The second kappa shape index (κ2) is 16.1. The highest BCUT2D eigenvalue weighted by Gasteiger charge is 2.19. The lowest BCUT2D eigenvalue weighted by atomic mass is 10.0. The second-order valence-corrected chi connectivity index (χ2v) is 10.7. The van der Waals surface area contributed by atoms with Gasteiger partial charge in [0.2, 0.25) is 0 Å². The molecule has 2 amide bonds. The first-order chi connectivity index (χ1) is 16.8. The second-order valence-electron chi connectivity index (χ2n) is 8.57. The van der Waals surface area contributed by atoms with Crippen molar-refractivity contribution < 1.29 is 4.79 Å². The Hall–Kier alpha value is -1.71. The van der Waals surface area contributed by atoms with E-state index < -0.39 is 0 Å². The van der Waals surface area contributed by atoms with Crippen molar-refractivity contribution in [2.24, 2.45) is 5.92 Å². The minimum Gasteiger partial charge on any atom is -0.366 e. The van der Waals surface area contributed by atoms with Crippen LogP contribution in [0.1, 0.15) is 33.1 Å². The van der Waals surface area contributed by atoms with E-state index in [0.717, 1.165) is 42.9 Å². The summed E-state index contributed by atoms with van der Waals surface area (Å²) in [4.78, 5) is 15.7. The Morgan fingerprint density at radius 3 is 2.51 bits per heavy atom. The van der Waals surface area contributed by atoms with E-state index in [9.17, 15) is 4.79 Å². The van der Waals surface area contributed by atoms with Gasteiger partial charge in [-0.2, -0.15) is 0 Å². The molecule has 0 heterocycles. The first-order valence-electron chi connectivity index (χ1n) is 11.7. The highest BCUT2D eigenvalue weighted by Crippen LogP contribution is 2.27. The largest absolute Gasteiger partial charge is 0.366 e. The Kier molecular flexibility index (Phi) is 13.6. The summed E-state index contributed by atoms with van der Waals surface area (Å²) in [5.41, 5.74) is 0.765. The van der Waals surface area contributed by atoms with Gasteiger partial charge in [0, 0.05) is 48.3 Å². The van der Waals surface area contributed by atoms with Crippen LogP contribution in [0.5, 0.6) is 0 Å². The van der Waals surface area contributed by atoms with Crippen LogP contribution < -0.4 is 20.7 Å². The van der Waals surface area contributed by atoms with E-state index in [-0.39, 0.29) is 12.1 Å². The highest BCUT2D eigenvalue weighted by molar-refractivity contribution is 7.97. The molecular formula is C25H35Cl2N5OS2. The van der Waals surface area contributed by atoms with E-state index in [1.807, 2.05) is 49.5 Å². The molecule has 1 unspecified atom stereocenters. The quantitative estimate of drug-likeness (QED) is 0.130. The zero-order chi connectivity index (χ0) is 25.6. The molecule has 2 rings (SSSR count). The smallest absolute Gasteiger partial charge is 0.319 e. The van der Waals surface area contributed by atoms with Gasteiger partial charge in [-0.3, -0.25) is 4.72 Å². The van der Waals surface area contributed by atoms with Crippen molar-refractivity contribution in [3.63, 3.8) is 0 Å². The van der Waals surface area contributed by atoms with Crippen molar-refractivity contribution >= 4 is 64.2 Å². The maximum Gasteiger partial charge on any atom is 0.319 e. The van der Waals surface area contributed by atoms with Crippen LogP contribution in [0.25, 0.3) is 0 Å².